The highest BCUT2D eigenvalue weighted by Gasteiger charge is 2.53. The third kappa shape index (κ3) is 14.0. The summed E-state index contributed by atoms with van der Waals surface area (Å²) < 4.78 is 37.9. The molecule has 0 aromatic heterocycles. The van der Waals surface area contributed by atoms with Crippen molar-refractivity contribution in [2.45, 2.75) is 205 Å². The highest BCUT2D eigenvalue weighted by Crippen LogP contribution is 2.41. The maximum Gasteiger partial charge on any atom is 0.311 e. The number of cyclic esters (lactones) is 1. The Morgan fingerprint density at radius 1 is 0.903 bits per heavy atom. The van der Waals surface area contributed by atoms with Gasteiger partial charge in [-0.2, -0.15) is 0 Å². The van der Waals surface area contributed by atoms with Gasteiger partial charge in [0, 0.05) is 43.9 Å². The van der Waals surface area contributed by atoms with E-state index in [1.165, 1.54) is 14.0 Å². The molecule has 0 amide bonds. The second-order valence-corrected chi connectivity index (χ2v) is 19.4. The fraction of sp³-hybridized carbons (Fsp3) is 0.956. The van der Waals surface area contributed by atoms with Crippen LogP contribution in [0.5, 0.6) is 0 Å². The van der Waals surface area contributed by atoms with E-state index in [0.29, 0.717) is 25.2 Å². The van der Waals surface area contributed by atoms with Crippen molar-refractivity contribution in [1.82, 2.24) is 10.2 Å². The topological polar surface area (TPSA) is 236 Å². The zero-order valence-corrected chi connectivity index (χ0v) is 40.1. The van der Waals surface area contributed by atoms with Gasteiger partial charge in [-0.3, -0.25) is 4.79 Å². The van der Waals surface area contributed by atoms with Gasteiger partial charge in [0.2, 0.25) is 0 Å². The standard InChI is InChI=1S/C45H86N4O13/c1-14-33-45(10,55)38(51)28(4)35(48-57-22-21-47-20-18-16-15-17-19-46)26(2)24-43(8,54)40(62-42-36(50)32(49(11)12)23-27(3)58-42)29(5)37(30(6)41(53)60-33)61-34-25-44(9,56-13)39(52)31(7)59-34/h26-34,36-40,42,47,50-52,54-55H,14-25,46H2,1-13H3/b48-35+/t26-,27?,28+,29+,30-,31?,32?,33-,34?,36?,37+,38-,39?,40-,42?,43-,44?,45-/m1/s1. The van der Waals surface area contributed by atoms with E-state index in [2.05, 4.69) is 10.5 Å². The molecule has 17 heteroatoms. The Hall–Kier alpha value is -1.58. The van der Waals surface area contributed by atoms with Gasteiger partial charge in [0.25, 0.3) is 0 Å². The van der Waals surface area contributed by atoms with E-state index in [-0.39, 0.29) is 38.0 Å². The Bertz CT molecular complexity index is 1370. The highest BCUT2D eigenvalue weighted by molar-refractivity contribution is 5.88. The van der Waals surface area contributed by atoms with Crippen LogP contribution in [0.2, 0.25) is 0 Å². The minimum absolute atomic E-state index is 0.00753. The molecule has 0 spiro atoms. The van der Waals surface area contributed by atoms with E-state index in [1.807, 2.05) is 32.8 Å². The molecular formula is C45H86N4O13. The Kier molecular flexibility index (Phi) is 21.4. The average molecular weight is 891 g/mol. The lowest BCUT2D eigenvalue weighted by molar-refractivity contribution is -0.317. The number of hydrogen-bond donors (Lipinski definition) is 7. The number of aliphatic hydroxyl groups excluding tert-OH is 3. The Morgan fingerprint density at radius 3 is 2.18 bits per heavy atom. The highest BCUT2D eigenvalue weighted by atomic mass is 16.7. The van der Waals surface area contributed by atoms with E-state index >= 15 is 0 Å². The third-order valence-corrected chi connectivity index (χ3v) is 13.7. The first-order chi connectivity index (χ1) is 29.0. The zero-order chi connectivity index (χ0) is 46.7. The number of hydrogen-bond acceptors (Lipinski definition) is 17. The van der Waals surface area contributed by atoms with Crippen molar-refractivity contribution in [3.8, 4) is 0 Å². The van der Waals surface area contributed by atoms with Crippen molar-refractivity contribution in [3.05, 3.63) is 0 Å². The van der Waals surface area contributed by atoms with Crippen LogP contribution in [0.1, 0.15) is 121 Å². The number of esters is 1. The number of oxime groups is 1. The number of unbranched alkanes of at least 4 members (excludes halogenated alkanes) is 3. The summed E-state index contributed by atoms with van der Waals surface area (Å²) in [6, 6.07) is -0.319. The normalized spacial score (nSPS) is 43.6. The van der Waals surface area contributed by atoms with Crippen LogP contribution >= 0.6 is 0 Å². The maximum absolute atomic E-state index is 14.4. The van der Waals surface area contributed by atoms with Crippen molar-refractivity contribution >= 4 is 11.7 Å². The molecule has 0 saturated carbocycles. The summed E-state index contributed by atoms with van der Waals surface area (Å²) in [6.07, 6.45) is -5.10. The number of aliphatic hydroxyl groups is 5. The van der Waals surface area contributed by atoms with Gasteiger partial charge in [0.1, 0.15) is 30.5 Å². The predicted molar refractivity (Wildman–Crippen MR) is 235 cm³/mol. The average Bonchev–Trinajstić information content (AvgIpc) is 3.21. The van der Waals surface area contributed by atoms with Crippen molar-refractivity contribution in [2.24, 2.45) is 34.6 Å². The minimum atomic E-state index is -1.94. The van der Waals surface area contributed by atoms with Crippen LogP contribution in [0.15, 0.2) is 5.16 Å². The van der Waals surface area contributed by atoms with Crippen LogP contribution in [0, 0.1) is 23.7 Å². The molecule has 364 valence electrons. The molecule has 3 fully saturated rings. The first kappa shape index (κ1) is 54.8. The Morgan fingerprint density at radius 2 is 1.56 bits per heavy atom. The monoisotopic (exact) mass is 891 g/mol. The molecule has 0 radical (unpaired) electrons. The Labute approximate surface area is 371 Å². The molecule has 62 heavy (non-hydrogen) atoms. The summed E-state index contributed by atoms with van der Waals surface area (Å²) in [6.45, 7) is 19.5. The molecule has 8 unspecified atom stereocenters. The van der Waals surface area contributed by atoms with E-state index in [1.54, 1.807) is 48.5 Å². The second-order valence-electron chi connectivity index (χ2n) is 19.4. The van der Waals surface area contributed by atoms with Gasteiger partial charge in [-0.15, -0.1) is 0 Å². The molecule has 8 N–H and O–H groups in total. The van der Waals surface area contributed by atoms with Crippen molar-refractivity contribution in [1.29, 1.82) is 0 Å². The lowest BCUT2D eigenvalue weighted by Crippen LogP contribution is -2.61. The number of likely N-dealkylation sites (N-methyl/N-ethyl adjacent to an activating group) is 1. The van der Waals surface area contributed by atoms with Crippen LogP contribution in [0.4, 0.5) is 0 Å². The number of carbonyl (C=O) groups excluding carboxylic acids is 1. The molecule has 0 aliphatic carbocycles. The molecule has 0 bridgehead atoms. The molecule has 3 aliphatic heterocycles. The van der Waals surface area contributed by atoms with Gasteiger partial charge < -0.3 is 74.7 Å². The summed E-state index contributed by atoms with van der Waals surface area (Å²) in [5.41, 5.74) is 1.25. The van der Waals surface area contributed by atoms with E-state index in [4.69, 9.17) is 39.0 Å². The van der Waals surface area contributed by atoms with Gasteiger partial charge in [-0.05, 0) is 101 Å². The number of nitrogens with one attached hydrogen (secondary N) is 1. The number of carbonyl (C=O) groups is 1. The van der Waals surface area contributed by atoms with Crippen LogP contribution in [0.3, 0.4) is 0 Å². The first-order valence-electron chi connectivity index (χ1n) is 23.1. The molecule has 3 rings (SSSR count). The molecule has 0 aromatic rings. The summed E-state index contributed by atoms with van der Waals surface area (Å²) in [7, 11) is 5.25. The van der Waals surface area contributed by atoms with Crippen LogP contribution in [-0.2, 0) is 38.1 Å². The quantitative estimate of drug-likeness (QED) is 0.0632. The predicted octanol–water partition coefficient (Wildman–Crippen LogP) is 2.70. The van der Waals surface area contributed by atoms with Crippen molar-refractivity contribution in [3.63, 3.8) is 0 Å². The zero-order valence-electron chi connectivity index (χ0n) is 40.1. The van der Waals surface area contributed by atoms with E-state index < -0.39 is 102 Å². The number of rotatable bonds is 17. The maximum atomic E-state index is 14.4. The van der Waals surface area contributed by atoms with Crippen molar-refractivity contribution in [2.75, 3.05) is 47.4 Å². The minimum Gasteiger partial charge on any atom is -0.459 e. The van der Waals surface area contributed by atoms with Gasteiger partial charge in [0.15, 0.2) is 12.6 Å². The van der Waals surface area contributed by atoms with Crippen molar-refractivity contribution < 1.29 is 63.6 Å². The fourth-order valence-electron chi connectivity index (χ4n) is 9.70. The number of nitrogens with two attached hydrogens (primary N) is 1. The molecule has 18 atom stereocenters. The summed E-state index contributed by atoms with van der Waals surface area (Å²) in [5, 5.41) is 67.5. The second kappa shape index (κ2) is 24.3. The molecule has 0 aromatic carbocycles. The number of nitrogens with zero attached hydrogens (tertiary/aromatic N) is 2. The summed E-state index contributed by atoms with van der Waals surface area (Å²) >= 11 is 0. The van der Waals surface area contributed by atoms with Crippen LogP contribution in [-0.4, -0.2) is 174 Å². The molecular weight excluding hydrogens is 805 g/mol. The van der Waals surface area contributed by atoms with Gasteiger partial charge in [-0.1, -0.05) is 45.7 Å². The third-order valence-electron chi connectivity index (χ3n) is 13.7. The van der Waals surface area contributed by atoms with E-state index in [0.717, 1.165) is 32.2 Å². The summed E-state index contributed by atoms with van der Waals surface area (Å²) in [5.74, 6) is -4.00. The van der Waals surface area contributed by atoms with Gasteiger partial charge in [0.05, 0.1) is 53.4 Å². The van der Waals surface area contributed by atoms with Crippen LogP contribution < -0.4 is 11.1 Å². The number of methoxy groups -OCH3 is 1. The first-order valence-corrected chi connectivity index (χ1v) is 23.1. The molecule has 3 saturated heterocycles. The van der Waals surface area contributed by atoms with Crippen LogP contribution in [0.25, 0.3) is 0 Å². The largest absolute Gasteiger partial charge is 0.459 e. The summed E-state index contributed by atoms with van der Waals surface area (Å²) in [4.78, 5) is 22.2. The lowest BCUT2D eigenvalue weighted by Gasteiger charge is -2.49. The molecule has 17 nitrogen and oxygen atoms in total. The molecule has 3 aliphatic rings. The lowest BCUT2D eigenvalue weighted by atomic mass is 9.73. The fourth-order valence-corrected chi connectivity index (χ4v) is 9.70. The smallest absolute Gasteiger partial charge is 0.311 e. The van der Waals surface area contributed by atoms with Gasteiger partial charge >= 0.3 is 5.97 Å². The number of ether oxygens (including phenoxy) is 6. The molecule has 3 heterocycles. The Balaban J connectivity index is 2.14. The van der Waals surface area contributed by atoms with Gasteiger partial charge in [-0.25, -0.2) is 0 Å². The SMILES string of the molecule is CC[C@H]1OC(=O)[C@H](C)[C@@H](OC2CC(C)(OC)C(O)C(C)O2)[C@H](C)[C@@H](OC2OC(C)CC(N(C)C)C2O)[C@](C)(O)C[C@@H](C)/C(=N\OCCNCCCCCCN)[C@H](C)[C@@H](O)[C@]1(C)O. The van der Waals surface area contributed by atoms with E-state index in [9.17, 15) is 30.3 Å².